The molecular formula is C16H22O4. The first kappa shape index (κ1) is 16.5. The van der Waals surface area contributed by atoms with Gasteiger partial charge in [-0.3, -0.25) is 0 Å². The molecular weight excluding hydrogens is 256 g/mol. The Balaban J connectivity index is 2.23. The molecule has 4 nitrogen and oxygen atoms in total. The Bertz CT molecular complexity index is 420. The molecule has 0 aliphatic heterocycles. The smallest absolute Gasteiger partial charge is 0.120 e. The molecule has 110 valence electrons. The Labute approximate surface area is 120 Å². The van der Waals surface area contributed by atoms with Gasteiger partial charge in [-0.05, 0) is 18.2 Å². The normalized spacial score (nSPS) is 9.90. The standard InChI is InChI=1S/C16H22O4/c1-18-12-13-19-10-5-11-20-16-8-4-7-15(14-16)6-2-3-9-17/h4,7-8,14,17H,3,5,9-13H2,1H3. The summed E-state index contributed by atoms with van der Waals surface area (Å²) < 4.78 is 15.9. The third kappa shape index (κ3) is 7.80. The molecule has 0 bridgehead atoms. The van der Waals surface area contributed by atoms with Gasteiger partial charge >= 0.3 is 0 Å². The quantitative estimate of drug-likeness (QED) is 0.553. The van der Waals surface area contributed by atoms with Crippen LogP contribution >= 0.6 is 0 Å². The Kier molecular flexibility index (Phi) is 9.33. The van der Waals surface area contributed by atoms with Gasteiger partial charge in [0.05, 0.1) is 26.4 Å². The van der Waals surface area contributed by atoms with E-state index in [1.54, 1.807) is 7.11 Å². The molecule has 0 spiro atoms. The molecule has 0 saturated heterocycles. The second-order valence-electron chi connectivity index (χ2n) is 4.11. The van der Waals surface area contributed by atoms with E-state index < -0.39 is 0 Å². The van der Waals surface area contributed by atoms with Gasteiger partial charge in [0, 0.05) is 32.1 Å². The van der Waals surface area contributed by atoms with Crippen LogP contribution in [0.3, 0.4) is 0 Å². The third-order valence-corrected chi connectivity index (χ3v) is 2.44. The maximum Gasteiger partial charge on any atom is 0.120 e. The Morgan fingerprint density at radius 2 is 2.05 bits per heavy atom. The van der Waals surface area contributed by atoms with Gasteiger partial charge in [0.1, 0.15) is 5.75 Å². The van der Waals surface area contributed by atoms with E-state index in [0.717, 1.165) is 17.7 Å². The number of aliphatic hydroxyl groups excluding tert-OH is 1. The van der Waals surface area contributed by atoms with E-state index in [4.69, 9.17) is 19.3 Å². The molecule has 0 amide bonds. The van der Waals surface area contributed by atoms with E-state index in [9.17, 15) is 0 Å². The van der Waals surface area contributed by atoms with Crippen molar-refractivity contribution >= 4 is 0 Å². The Morgan fingerprint density at radius 3 is 2.85 bits per heavy atom. The van der Waals surface area contributed by atoms with Crippen LogP contribution in [0.25, 0.3) is 0 Å². The molecule has 0 aliphatic carbocycles. The van der Waals surface area contributed by atoms with E-state index in [1.807, 2.05) is 24.3 Å². The highest BCUT2D eigenvalue weighted by Crippen LogP contribution is 2.12. The lowest BCUT2D eigenvalue weighted by Crippen LogP contribution is -2.06. The van der Waals surface area contributed by atoms with Crippen molar-refractivity contribution in [1.82, 2.24) is 0 Å². The number of hydrogen-bond donors (Lipinski definition) is 1. The van der Waals surface area contributed by atoms with Crippen molar-refractivity contribution in [2.45, 2.75) is 12.8 Å². The topological polar surface area (TPSA) is 47.9 Å². The summed E-state index contributed by atoms with van der Waals surface area (Å²) in [4.78, 5) is 0. The first-order valence-electron chi connectivity index (χ1n) is 6.76. The molecule has 4 heteroatoms. The monoisotopic (exact) mass is 278 g/mol. The predicted molar refractivity (Wildman–Crippen MR) is 77.8 cm³/mol. The molecule has 0 heterocycles. The molecule has 0 aromatic heterocycles. The largest absolute Gasteiger partial charge is 0.493 e. The Hall–Kier alpha value is -1.54. The van der Waals surface area contributed by atoms with Crippen LogP contribution in [-0.4, -0.2) is 45.3 Å². The van der Waals surface area contributed by atoms with E-state index >= 15 is 0 Å². The summed E-state index contributed by atoms with van der Waals surface area (Å²) in [6.45, 7) is 2.61. The van der Waals surface area contributed by atoms with Gasteiger partial charge in [-0.2, -0.15) is 0 Å². The van der Waals surface area contributed by atoms with Gasteiger partial charge in [-0.1, -0.05) is 17.9 Å². The summed E-state index contributed by atoms with van der Waals surface area (Å²) in [5.74, 6) is 6.67. The number of hydrogen-bond acceptors (Lipinski definition) is 4. The van der Waals surface area contributed by atoms with Crippen molar-refractivity contribution < 1.29 is 19.3 Å². The van der Waals surface area contributed by atoms with Gasteiger partial charge in [0.15, 0.2) is 0 Å². The van der Waals surface area contributed by atoms with E-state index in [1.165, 1.54) is 0 Å². The molecule has 20 heavy (non-hydrogen) atoms. The van der Waals surface area contributed by atoms with Crippen LogP contribution in [0.15, 0.2) is 24.3 Å². The summed E-state index contributed by atoms with van der Waals surface area (Å²) in [5.41, 5.74) is 0.896. The molecule has 0 fully saturated rings. The maximum atomic E-state index is 8.67. The SMILES string of the molecule is COCCOCCCOc1cccc(C#CCCO)c1. The van der Waals surface area contributed by atoms with Gasteiger partial charge in [-0.25, -0.2) is 0 Å². The summed E-state index contributed by atoms with van der Waals surface area (Å²) in [7, 11) is 1.66. The van der Waals surface area contributed by atoms with Gasteiger partial charge in [-0.15, -0.1) is 0 Å². The average Bonchev–Trinajstić information content (AvgIpc) is 2.47. The summed E-state index contributed by atoms with van der Waals surface area (Å²) in [6, 6.07) is 7.64. The van der Waals surface area contributed by atoms with Crippen LogP contribution in [0.5, 0.6) is 5.75 Å². The number of ether oxygens (including phenoxy) is 3. The van der Waals surface area contributed by atoms with Crippen LogP contribution in [0.4, 0.5) is 0 Å². The summed E-state index contributed by atoms with van der Waals surface area (Å²) in [5, 5.41) is 8.67. The van der Waals surface area contributed by atoms with Crippen LogP contribution in [0.2, 0.25) is 0 Å². The van der Waals surface area contributed by atoms with Crippen molar-refractivity contribution in [2.75, 3.05) is 40.1 Å². The lowest BCUT2D eigenvalue weighted by atomic mass is 10.2. The average molecular weight is 278 g/mol. The van der Waals surface area contributed by atoms with Gasteiger partial charge < -0.3 is 19.3 Å². The van der Waals surface area contributed by atoms with E-state index in [0.29, 0.717) is 32.8 Å². The predicted octanol–water partition coefficient (Wildman–Crippen LogP) is 1.85. The molecule has 0 unspecified atom stereocenters. The fourth-order valence-corrected chi connectivity index (χ4v) is 1.48. The minimum atomic E-state index is 0.0895. The van der Waals surface area contributed by atoms with Gasteiger partial charge in [0.2, 0.25) is 0 Å². The number of aliphatic hydroxyl groups is 1. The van der Waals surface area contributed by atoms with Crippen LogP contribution < -0.4 is 4.74 Å². The molecule has 1 N–H and O–H groups in total. The zero-order valence-corrected chi connectivity index (χ0v) is 11.9. The first-order chi connectivity index (χ1) is 9.86. The highest BCUT2D eigenvalue weighted by molar-refractivity contribution is 5.39. The fourth-order valence-electron chi connectivity index (χ4n) is 1.48. The number of methoxy groups -OCH3 is 1. The van der Waals surface area contributed by atoms with Crippen molar-refractivity contribution in [3.8, 4) is 17.6 Å². The van der Waals surface area contributed by atoms with Crippen LogP contribution in [-0.2, 0) is 9.47 Å². The summed E-state index contributed by atoms with van der Waals surface area (Å²) >= 11 is 0. The minimum Gasteiger partial charge on any atom is -0.493 e. The van der Waals surface area contributed by atoms with Crippen LogP contribution in [0, 0.1) is 11.8 Å². The molecule has 0 atom stereocenters. The van der Waals surface area contributed by atoms with E-state index in [-0.39, 0.29) is 6.61 Å². The highest BCUT2D eigenvalue weighted by Gasteiger charge is 1.95. The lowest BCUT2D eigenvalue weighted by molar-refractivity contribution is 0.0644. The fraction of sp³-hybridized carbons (Fsp3) is 0.500. The van der Waals surface area contributed by atoms with Crippen molar-refractivity contribution in [2.24, 2.45) is 0 Å². The zero-order chi connectivity index (χ0) is 14.5. The Morgan fingerprint density at radius 1 is 1.15 bits per heavy atom. The molecule has 0 aliphatic rings. The second-order valence-corrected chi connectivity index (χ2v) is 4.11. The first-order valence-corrected chi connectivity index (χ1v) is 6.76. The maximum absolute atomic E-state index is 8.67. The summed E-state index contributed by atoms with van der Waals surface area (Å²) in [6.07, 6.45) is 1.33. The van der Waals surface area contributed by atoms with E-state index in [2.05, 4.69) is 11.8 Å². The second kappa shape index (κ2) is 11.3. The van der Waals surface area contributed by atoms with Crippen molar-refractivity contribution in [3.63, 3.8) is 0 Å². The van der Waals surface area contributed by atoms with Crippen LogP contribution in [0.1, 0.15) is 18.4 Å². The minimum absolute atomic E-state index is 0.0895. The molecule has 1 rings (SSSR count). The molecule has 0 radical (unpaired) electrons. The number of rotatable bonds is 9. The number of benzene rings is 1. The van der Waals surface area contributed by atoms with Crippen molar-refractivity contribution in [3.05, 3.63) is 29.8 Å². The van der Waals surface area contributed by atoms with Gasteiger partial charge in [0.25, 0.3) is 0 Å². The molecule has 1 aromatic carbocycles. The molecule has 1 aromatic rings. The van der Waals surface area contributed by atoms with Crippen molar-refractivity contribution in [1.29, 1.82) is 0 Å². The zero-order valence-electron chi connectivity index (χ0n) is 11.9. The third-order valence-electron chi connectivity index (χ3n) is 2.44. The lowest BCUT2D eigenvalue weighted by Gasteiger charge is -2.07. The highest BCUT2D eigenvalue weighted by atomic mass is 16.5. The molecule has 0 saturated carbocycles.